The molecule has 1 fully saturated rings. The van der Waals surface area contributed by atoms with E-state index in [1.807, 2.05) is 0 Å². The Kier molecular flexibility index (Phi) is 4.51. The summed E-state index contributed by atoms with van der Waals surface area (Å²) < 4.78 is 29.4. The third kappa shape index (κ3) is 4.77. The second-order valence-electron chi connectivity index (χ2n) is 3.70. The molecule has 16 heavy (non-hydrogen) atoms. The van der Waals surface area contributed by atoms with Crippen LogP contribution in [-0.2, 0) is 14.8 Å². The Labute approximate surface area is 94.4 Å². The zero-order valence-corrected chi connectivity index (χ0v) is 9.87. The minimum Gasteiger partial charge on any atom is -0.465 e. The van der Waals surface area contributed by atoms with Gasteiger partial charge in [-0.15, -0.1) is 0 Å². The van der Waals surface area contributed by atoms with E-state index in [4.69, 9.17) is 9.84 Å². The summed E-state index contributed by atoms with van der Waals surface area (Å²) in [6.07, 6.45) is 0.253. The summed E-state index contributed by atoms with van der Waals surface area (Å²) in [4.78, 5) is 12.0. The zero-order valence-electron chi connectivity index (χ0n) is 9.05. The summed E-state index contributed by atoms with van der Waals surface area (Å²) in [5.74, 6) is 0. The van der Waals surface area contributed by atoms with Gasteiger partial charge in [0.1, 0.15) is 0 Å². The monoisotopic (exact) mass is 252 g/mol. The number of carbonyl (C=O) groups is 1. The van der Waals surface area contributed by atoms with Crippen LogP contribution in [0.1, 0.15) is 6.42 Å². The topological polar surface area (TPSA) is 95.9 Å². The number of nitrogens with one attached hydrogen (secondary N) is 1. The predicted octanol–water partition coefficient (Wildman–Crippen LogP) is -0.695. The summed E-state index contributed by atoms with van der Waals surface area (Å²) in [6.45, 7) is 1.16. The van der Waals surface area contributed by atoms with Gasteiger partial charge < -0.3 is 14.7 Å². The normalized spacial score (nSPS) is 22.8. The summed E-state index contributed by atoms with van der Waals surface area (Å²) in [7, 11) is -3.27. The highest BCUT2D eigenvalue weighted by molar-refractivity contribution is 7.88. The molecule has 0 bridgehead atoms. The van der Waals surface area contributed by atoms with Gasteiger partial charge in [0, 0.05) is 19.7 Å². The Morgan fingerprint density at radius 1 is 1.62 bits per heavy atom. The molecule has 1 rings (SSSR count). The smallest absolute Gasteiger partial charge is 0.407 e. The number of hydrogen-bond donors (Lipinski definition) is 2. The molecule has 8 heteroatoms. The molecule has 0 spiro atoms. The third-order valence-corrected chi connectivity index (χ3v) is 2.88. The summed E-state index contributed by atoms with van der Waals surface area (Å²) in [6, 6.07) is 0. The first-order valence-corrected chi connectivity index (χ1v) is 6.82. The van der Waals surface area contributed by atoms with Gasteiger partial charge in [-0.3, -0.25) is 0 Å². The fourth-order valence-corrected chi connectivity index (χ4v) is 1.93. The van der Waals surface area contributed by atoms with Gasteiger partial charge in [-0.2, -0.15) is 0 Å². The highest BCUT2D eigenvalue weighted by Gasteiger charge is 2.22. The van der Waals surface area contributed by atoms with Crippen LogP contribution in [0.2, 0.25) is 0 Å². The summed E-state index contributed by atoms with van der Waals surface area (Å²) in [5, 5.41) is 8.84. The summed E-state index contributed by atoms with van der Waals surface area (Å²) in [5.41, 5.74) is 0. The van der Waals surface area contributed by atoms with Crippen molar-refractivity contribution in [1.82, 2.24) is 9.62 Å². The van der Waals surface area contributed by atoms with Gasteiger partial charge in [0.15, 0.2) is 0 Å². The lowest BCUT2D eigenvalue weighted by Crippen LogP contribution is -2.41. The van der Waals surface area contributed by atoms with Gasteiger partial charge in [-0.25, -0.2) is 17.9 Å². The molecule has 1 unspecified atom stereocenters. The minimum atomic E-state index is -3.27. The van der Waals surface area contributed by atoms with Crippen LogP contribution in [0.15, 0.2) is 0 Å². The molecular formula is C8H16N2O5S. The van der Waals surface area contributed by atoms with E-state index in [0.717, 1.165) is 6.26 Å². The molecule has 94 valence electrons. The first kappa shape index (κ1) is 13.2. The van der Waals surface area contributed by atoms with E-state index >= 15 is 0 Å². The van der Waals surface area contributed by atoms with Gasteiger partial charge in [0.05, 0.1) is 18.9 Å². The molecule has 1 atom stereocenters. The molecule has 0 radical (unpaired) electrons. The van der Waals surface area contributed by atoms with Crippen LogP contribution < -0.4 is 4.72 Å². The van der Waals surface area contributed by atoms with Crippen LogP contribution >= 0.6 is 0 Å². The highest BCUT2D eigenvalue weighted by atomic mass is 32.2. The lowest BCUT2D eigenvalue weighted by atomic mass is 10.3. The Hall–Kier alpha value is -0.860. The van der Waals surface area contributed by atoms with Crippen molar-refractivity contribution in [2.24, 2.45) is 0 Å². The lowest BCUT2D eigenvalue weighted by molar-refractivity contribution is 0.0574. The van der Waals surface area contributed by atoms with E-state index in [2.05, 4.69) is 4.72 Å². The van der Waals surface area contributed by atoms with Gasteiger partial charge in [0.25, 0.3) is 0 Å². The number of amides is 1. The summed E-state index contributed by atoms with van der Waals surface area (Å²) >= 11 is 0. The Bertz CT molecular complexity index is 342. The average molecular weight is 252 g/mol. The van der Waals surface area contributed by atoms with Crippen LogP contribution in [0.5, 0.6) is 0 Å². The number of ether oxygens (including phenoxy) is 1. The fourth-order valence-electron chi connectivity index (χ4n) is 1.44. The van der Waals surface area contributed by atoms with Crippen molar-refractivity contribution in [2.75, 3.05) is 32.5 Å². The fraction of sp³-hybridized carbons (Fsp3) is 0.875. The molecular weight excluding hydrogens is 236 g/mol. The van der Waals surface area contributed by atoms with Crippen molar-refractivity contribution in [3.63, 3.8) is 0 Å². The number of nitrogens with zero attached hydrogens (tertiary/aromatic N) is 1. The van der Waals surface area contributed by atoms with Crippen LogP contribution in [0.25, 0.3) is 0 Å². The van der Waals surface area contributed by atoms with Crippen LogP contribution in [-0.4, -0.2) is 63.1 Å². The minimum absolute atomic E-state index is 0.0998. The van der Waals surface area contributed by atoms with Crippen LogP contribution in [0.4, 0.5) is 4.79 Å². The van der Waals surface area contributed by atoms with Gasteiger partial charge in [0.2, 0.25) is 10.0 Å². The first-order chi connectivity index (χ1) is 7.38. The van der Waals surface area contributed by atoms with E-state index in [0.29, 0.717) is 19.6 Å². The molecule has 0 aromatic carbocycles. The van der Waals surface area contributed by atoms with E-state index in [1.54, 1.807) is 0 Å². The Morgan fingerprint density at radius 3 is 2.88 bits per heavy atom. The van der Waals surface area contributed by atoms with Gasteiger partial charge in [-0.05, 0) is 6.42 Å². The van der Waals surface area contributed by atoms with Crippen LogP contribution in [0, 0.1) is 0 Å². The zero-order chi connectivity index (χ0) is 12.2. The highest BCUT2D eigenvalue weighted by Crippen LogP contribution is 2.05. The molecule has 1 heterocycles. The molecule has 0 aliphatic carbocycles. The number of rotatable bonds is 3. The maximum absolute atomic E-state index is 10.9. The van der Waals surface area contributed by atoms with E-state index in [-0.39, 0.29) is 13.1 Å². The average Bonchev–Trinajstić information content (AvgIpc) is 2.38. The van der Waals surface area contributed by atoms with Crippen molar-refractivity contribution in [3.05, 3.63) is 0 Å². The third-order valence-electron chi connectivity index (χ3n) is 2.19. The maximum Gasteiger partial charge on any atom is 0.407 e. The molecule has 1 aliphatic heterocycles. The van der Waals surface area contributed by atoms with Gasteiger partial charge in [-0.1, -0.05) is 0 Å². The Morgan fingerprint density at radius 2 is 2.31 bits per heavy atom. The molecule has 1 saturated heterocycles. The van der Waals surface area contributed by atoms with E-state index in [9.17, 15) is 13.2 Å². The van der Waals surface area contributed by atoms with E-state index in [1.165, 1.54) is 4.90 Å². The number of sulfonamides is 1. The van der Waals surface area contributed by atoms with Crippen LogP contribution in [0.3, 0.4) is 0 Å². The van der Waals surface area contributed by atoms with E-state index < -0.39 is 22.2 Å². The Balaban J connectivity index is 2.49. The van der Waals surface area contributed by atoms with Gasteiger partial charge >= 0.3 is 6.09 Å². The first-order valence-electron chi connectivity index (χ1n) is 4.92. The van der Waals surface area contributed by atoms with Crippen molar-refractivity contribution in [3.8, 4) is 0 Å². The second-order valence-corrected chi connectivity index (χ2v) is 5.53. The lowest BCUT2D eigenvalue weighted by Gasteiger charge is -2.20. The second kappa shape index (κ2) is 5.46. The largest absolute Gasteiger partial charge is 0.465 e. The molecule has 0 aromatic rings. The molecule has 0 saturated carbocycles. The molecule has 0 aromatic heterocycles. The molecule has 1 aliphatic rings. The SMILES string of the molecule is CS(=O)(=O)NCC1CN(C(=O)O)CCCO1. The number of carboxylic acid groups (broad SMARTS) is 1. The molecule has 2 N–H and O–H groups in total. The molecule has 7 nitrogen and oxygen atoms in total. The maximum atomic E-state index is 10.9. The van der Waals surface area contributed by atoms with Crippen molar-refractivity contribution in [2.45, 2.75) is 12.5 Å². The number of hydrogen-bond acceptors (Lipinski definition) is 4. The standard InChI is InChI=1S/C8H16N2O5S/c1-16(13,14)9-5-7-6-10(8(11)12)3-2-4-15-7/h7,9H,2-6H2,1H3,(H,11,12). The quantitative estimate of drug-likeness (QED) is 0.692. The van der Waals surface area contributed by atoms with Crippen molar-refractivity contribution < 1.29 is 23.1 Å². The molecule has 1 amide bonds. The predicted molar refractivity (Wildman–Crippen MR) is 56.8 cm³/mol. The van der Waals surface area contributed by atoms with Crippen molar-refractivity contribution >= 4 is 16.1 Å². The van der Waals surface area contributed by atoms with Crippen molar-refractivity contribution in [1.29, 1.82) is 0 Å².